The average molecular weight is 575 g/mol. The van der Waals surface area contributed by atoms with E-state index in [0.717, 1.165) is 0 Å². The van der Waals surface area contributed by atoms with Crippen LogP contribution in [0.1, 0.15) is 40.7 Å². The van der Waals surface area contributed by atoms with Gasteiger partial charge in [-0.25, -0.2) is 4.39 Å². The highest BCUT2D eigenvalue weighted by atomic mass is 19.1. The van der Waals surface area contributed by atoms with Crippen LogP contribution >= 0.6 is 0 Å². The number of likely N-dealkylation sites (tertiary alicyclic amines) is 1. The van der Waals surface area contributed by atoms with Crippen LogP contribution < -0.4 is 10.6 Å². The lowest BCUT2D eigenvalue weighted by molar-refractivity contribution is -0.200. The average Bonchev–Trinajstić information content (AvgIpc) is 2.84. The molecule has 0 bridgehead atoms. The van der Waals surface area contributed by atoms with E-state index in [1.807, 2.05) is 30.0 Å². The van der Waals surface area contributed by atoms with E-state index in [2.05, 4.69) is 0 Å². The number of ketones is 1. The number of anilines is 1. The molecule has 1 heterocycles. The summed E-state index contributed by atoms with van der Waals surface area (Å²) in [6, 6.07) is 0.926. The molecule has 5 rings (SSSR count). The van der Waals surface area contributed by atoms with Crippen molar-refractivity contribution >= 4 is 17.4 Å². The number of amides is 1. The molecule has 0 radical (unpaired) electrons. The van der Waals surface area contributed by atoms with Gasteiger partial charge in [-0.3, -0.25) is 19.4 Å². The van der Waals surface area contributed by atoms with E-state index < -0.39 is 64.5 Å². The molecular formula is C29H39FN4O7. The predicted molar refractivity (Wildman–Crippen MR) is 148 cm³/mol. The molecular weight excluding hydrogens is 535 g/mol. The Hall–Kier alpha value is -3.19. The quantitative estimate of drug-likeness (QED) is 0.280. The van der Waals surface area contributed by atoms with Crippen LogP contribution in [0.3, 0.4) is 0 Å². The molecule has 4 unspecified atom stereocenters. The molecule has 0 aromatic heterocycles. The first-order valence-corrected chi connectivity index (χ1v) is 13.9. The number of rotatable bonds is 5. The van der Waals surface area contributed by atoms with Crippen LogP contribution in [0.15, 0.2) is 28.7 Å². The smallest absolute Gasteiger partial charge is 0.253 e. The summed E-state index contributed by atoms with van der Waals surface area (Å²) in [6.07, 6.45) is 0.652. The molecule has 1 fully saturated rings. The number of primary amides is 1. The third kappa shape index (κ3) is 4.57. The fraction of sp³-hybridized carbons (Fsp3) is 0.586. The van der Waals surface area contributed by atoms with Gasteiger partial charge in [-0.15, -0.1) is 0 Å². The number of aliphatic hydroxyl groups is 4. The number of phenols is 1. The first-order valence-electron chi connectivity index (χ1n) is 13.9. The largest absolute Gasteiger partial charge is 0.511 e. The Bertz CT molecular complexity index is 1350. The first kappa shape index (κ1) is 29.3. The maximum atomic E-state index is 14.1. The SMILES string of the molecule is CN(C)c1cc(CN2CCCC(F)C2)c(O)c2c1CC1CC3C(C(O)=C1C2=O)C(O)(O)C(C(N)=O)=C(O)[C@H]3N(C)C. The lowest BCUT2D eigenvalue weighted by Gasteiger charge is -2.51. The normalized spacial score (nSPS) is 29.8. The fourth-order valence-electron chi connectivity index (χ4n) is 7.57. The van der Waals surface area contributed by atoms with E-state index in [9.17, 15) is 39.5 Å². The van der Waals surface area contributed by atoms with Crippen LogP contribution in [0, 0.1) is 17.8 Å². The highest BCUT2D eigenvalue weighted by Gasteiger charge is 2.60. The number of alkyl halides is 1. The van der Waals surface area contributed by atoms with Gasteiger partial charge in [0.2, 0.25) is 5.79 Å². The number of fused-ring (bicyclic) bond motifs is 3. The van der Waals surface area contributed by atoms with Crippen LogP contribution in [0.2, 0.25) is 0 Å². The summed E-state index contributed by atoms with van der Waals surface area (Å²) in [5, 5.41) is 56.2. The summed E-state index contributed by atoms with van der Waals surface area (Å²) in [4.78, 5) is 31.7. The molecule has 0 spiro atoms. The number of benzene rings is 1. The molecule has 224 valence electrons. The van der Waals surface area contributed by atoms with Crippen LogP contribution in [0.5, 0.6) is 5.75 Å². The maximum Gasteiger partial charge on any atom is 0.253 e. The number of aromatic hydroxyl groups is 1. The predicted octanol–water partition coefficient (Wildman–Crippen LogP) is 1.12. The van der Waals surface area contributed by atoms with Crippen LogP contribution in [-0.2, 0) is 17.8 Å². The summed E-state index contributed by atoms with van der Waals surface area (Å²) in [7, 11) is 6.94. The molecule has 4 aliphatic rings. The number of hydrogen-bond donors (Lipinski definition) is 6. The molecule has 0 saturated carbocycles. The third-order valence-electron chi connectivity index (χ3n) is 9.22. The Morgan fingerprint density at radius 2 is 1.85 bits per heavy atom. The van der Waals surface area contributed by atoms with Crippen molar-refractivity contribution in [1.29, 1.82) is 0 Å². The Morgan fingerprint density at radius 1 is 1.17 bits per heavy atom. The van der Waals surface area contributed by atoms with Gasteiger partial charge in [0.25, 0.3) is 5.91 Å². The van der Waals surface area contributed by atoms with Crippen molar-refractivity contribution in [3.63, 3.8) is 0 Å². The number of likely N-dealkylation sites (N-methyl/N-ethyl adjacent to an activating group) is 1. The van der Waals surface area contributed by atoms with Gasteiger partial charge in [-0.05, 0) is 69.8 Å². The minimum Gasteiger partial charge on any atom is -0.511 e. The number of allylic oxidation sites excluding steroid dienone is 1. The Labute approximate surface area is 238 Å². The Morgan fingerprint density at radius 3 is 2.44 bits per heavy atom. The van der Waals surface area contributed by atoms with E-state index >= 15 is 0 Å². The number of carbonyl (C=O) groups excluding carboxylic acids is 2. The third-order valence-corrected chi connectivity index (χ3v) is 9.22. The zero-order valence-electron chi connectivity index (χ0n) is 23.8. The first-order chi connectivity index (χ1) is 19.2. The minimum absolute atomic E-state index is 0.0196. The van der Waals surface area contributed by atoms with Crippen LogP contribution in [0.4, 0.5) is 10.1 Å². The lowest BCUT2D eigenvalue weighted by Crippen LogP contribution is -2.60. The monoisotopic (exact) mass is 574 g/mol. The summed E-state index contributed by atoms with van der Waals surface area (Å²) >= 11 is 0. The second-order valence-electron chi connectivity index (χ2n) is 12.3. The Balaban J connectivity index is 1.65. The van der Waals surface area contributed by atoms with Crippen molar-refractivity contribution in [2.75, 3.05) is 46.2 Å². The number of Topliss-reactive ketones (excluding diaryl/α,β-unsaturated/α-hetero) is 1. The van der Waals surface area contributed by atoms with Gasteiger partial charge < -0.3 is 36.2 Å². The standard InChI is InChI=1S/C29H39FN4O7/c1-32(2)18-10-14(11-34-7-5-6-15(30)12-34)24(35)20-16(18)8-13-9-17-21(26(37)19(13)25(20)36)29(40,41)22(28(31)39)27(38)23(17)33(3)4/h10,13,15,17,21,23,35,37-38,40-41H,5-9,11-12H2,1-4H3,(H2,31,39)/t13?,15?,17?,21?,23-/m0/s1. The van der Waals surface area contributed by atoms with E-state index in [0.29, 0.717) is 36.2 Å². The minimum atomic E-state index is -3.04. The lowest BCUT2D eigenvalue weighted by atomic mass is 9.59. The summed E-state index contributed by atoms with van der Waals surface area (Å²) in [5.41, 5.74) is 6.31. The van der Waals surface area contributed by atoms with Crippen LogP contribution in [0.25, 0.3) is 0 Å². The van der Waals surface area contributed by atoms with Gasteiger partial charge in [-0.2, -0.15) is 0 Å². The number of nitrogens with two attached hydrogens (primary N) is 1. The molecule has 11 nitrogen and oxygen atoms in total. The van der Waals surface area contributed by atoms with Gasteiger partial charge in [0.05, 0.1) is 17.5 Å². The molecule has 1 aliphatic heterocycles. The van der Waals surface area contributed by atoms with Crippen molar-refractivity contribution in [3.8, 4) is 5.75 Å². The molecule has 1 aromatic rings. The summed E-state index contributed by atoms with van der Waals surface area (Å²) in [6.45, 7) is 1.12. The Kier molecular flexibility index (Phi) is 7.34. The molecule has 12 heteroatoms. The van der Waals surface area contributed by atoms with Crippen LogP contribution in [-0.4, -0.2) is 106 Å². The summed E-state index contributed by atoms with van der Waals surface area (Å²) in [5.74, 6) is -9.25. The van der Waals surface area contributed by atoms with Gasteiger partial charge in [-0.1, -0.05) is 0 Å². The number of halogens is 1. The molecule has 1 saturated heterocycles. The fourth-order valence-corrected chi connectivity index (χ4v) is 7.57. The molecule has 1 aromatic carbocycles. The highest BCUT2D eigenvalue weighted by molar-refractivity contribution is 6.14. The van der Waals surface area contributed by atoms with Crippen molar-refractivity contribution in [2.24, 2.45) is 23.5 Å². The zero-order chi connectivity index (χ0) is 30.1. The molecule has 3 aliphatic carbocycles. The van der Waals surface area contributed by atoms with Gasteiger partial charge in [0, 0.05) is 44.0 Å². The van der Waals surface area contributed by atoms with Crippen molar-refractivity contribution in [1.82, 2.24) is 9.80 Å². The van der Waals surface area contributed by atoms with Crippen molar-refractivity contribution in [3.05, 3.63) is 45.4 Å². The second-order valence-corrected chi connectivity index (χ2v) is 12.3. The van der Waals surface area contributed by atoms with Gasteiger partial charge in [0.1, 0.15) is 29.0 Å². The number of hydrogen-bond acceptors (Lipinski definition) is 10. The van der Waals surface area contributed by atoms with E-state index in [4.69, 9.17) is 5.73 Å². The van der Waals surface area contributed by atoms with Gasteiger partial charge in [0.15, 0.2) is 5.78 Å². The molecule has 5 atom stereocenters. The second kappa shape index (κ2) is 10.3. The number of phenolic OH excluding ortho intramolecular Hbond substituents is 1. The number of nitrogens with zero attached hydrogens (tertiary/aromatic N) is 3. The van der Waals surface area contributed by atoms with E-state index in [-0.39, 0.29) is 42.8 Å². The molecule has 41 heavy (non-hydrogen) atoms. The topological polar surface area (TPSA) is 171 Å². The molecule has 1 amide bonds. The van der Waals surface area contributed by atoms with Crippen molar-refractivity contribution in [2.45, 2.75) is 50.2 Å². The molecule has 7 N–H and O–H groups in total. The van der Waals surface area contributed by atoms with Gasteiger partial charge >= 0.3 is 0 Å². The number of aliphatic hydroxyl groups excluding tert-OH is 2. The summed E-state index contributed by atoms with van der Waals surface area (Å²) < 4.78 is 14.1. The van der Waals surface area contributed by atoms with E-state index in [1.54, 1.807) is 19.0 Å². The maximum absolute atomic E-state index is 14.1. The van der Waals surface area contributed by atoms with Crippen molar-refractivity contribution < 1.29 is 39.5 Å². The number of carbonyl (C=O) groups is 2. The number of piperidine rings is 1. The van der Waals surface area contributed by atoms with E-state index in [1.165, 1.54) is 0 Å². The zero-order valence-corrected chi connectivity index (χ0v) is 23.8. The highest BCUT2D eigenvalue weighted by Crippen LogP contribution is 2.55.